The number of nitrogens with zero attached hydrogens (tertiary/aromatic N) is 2. The van der Waals surface area contributed by atoms with E-state index in [1.54, 1.807) is 6.07 Å². The third-order valence-electron chi connectivity index (χ3n) is 3.15. The Morgan fingerprint density at radius 1 is 1.39 bits per heavy atom. The molecule has 1 aliphatic rings. The van der Waals surface area contributed by atoms with Gasteiger partial charge in [-0.05, 0) is 23.8 Å². The highest BCUT2D eigenvalue weighted by atomic mass is 35.5. The molecule has 1 heterocycles. The predicted molar refractivity (Wildman–Crippen MR) is 68.8 cm³/mol. The Hall–Kier alpha value is -1.15. The van der Waals surface area contributed by atoms with Gasteiger partial charge in [-0.25, -0.2) is 4.39 Å². The second kappa shape index (κ2) is 6.14. The number of rotatable bonds is 3. The van der Waals surface area contributed by atoms with Gasteiger partial charge in [0.25, 0.3) is 0 Å². The van der Waals surface area contributed by atoms with Crippen LogP contribution in [0.1, 0.15) is 18.0 Å². The number of piperazine rings is 1. The summed E-state index contributed by atoms with van der Waals surface area (Å²) in [6.07, 6.45) is 0.347. The highest BCUT2D eigenvalue weighted by Crippen LogP contribution is 2.27. The molecule has 0 aromatic heterocycles. The Morgan fingerprint density at radius 2 is 2.11 bits per heavy atom. The molecule has 0 saturated carbocycles. The Bertz CT molecular complexity index is 432. The van der Waals surface area contributed by atoms with Crippen LogP contribution in [0.4, 0.5) is 4.39 Å². The molecule has 0 amide bonds. The van der Waals surface area contributed by atoms with E-state index in [1.807, 2.05) is 0 Å². The number of hydrogen-bond acceptors (Lipinski definition) is 3. The Balaban J connectivity index is 2.25. The van der Waals surface area contributed by atoms with E-state index in [0.29, 0.717) is 11.4 Å². The minimum absolute atomic E-state index is 0.0784. The molecule has 5 heteroatoms. The summed E-state index contributed by atoms with van der Waals surface area (Å²) in [6.45, 7) is 3.51. The summed E-state index contributed by atoms with van der Waals surface area (Å²) < 4.78 is 13.4. The van der Waals surface area contributed by atoms with Crippen LogP contribution in [0, 0.1) is 17.1 Å². The molecule has 0 radical (unpaired) electrons. The lowest BCUT2D eigenvalue weighted by atomic mass is 10.0. The van der Waals surface area contributed by atoms with E-state index < -0.39 is 0 Å². The zero-order valence-electron chi connectivity index (χ0n) is 10.00. The fourth-order valence-corrected chi connectivity index (χ4v) is 2.54. The van der Waals surface area contributed by atoms with Gasteiger partial charge in [0.1, 0.15) is 5.82 Å². The first-order chi connectivity index (χ1) is 8.70. The van der Waals surface area contributed by atoms with Gasteiger partial charge in [-0.2, -0.15) is 5.26 Å². The van der Waals surface area contributed by atoms with Crippen molar-refractivity contribution in [3.8, 4) is 6.07 Å². The van der Waals surface area contributed by atoms with Gasteiger partial charge in [0.15, 0.2) is 0 Å². The van der Waals surface area contributed by atoms with Crippen molar-refractivity contribution in [1.82, 2.24) is 10.2 Å². The van der Waals surface area contributed by atoms with Crippen molar-refractivity contribution in [2.45, 2.75) is 12.5 Å². The summed E-state index contributed by atoms with van der Waals surface area (Å²) >= 11 is 5.88. The van der Waals surface area contributed by atoms with Crippen molar-refractivity contribution in [2.24, 2.45) is 0 Å². The van der Waals surface area contributed by atoms with Gasteiger partial charge in [-0.3, -0.25) is 4.90 Å². The van der Waals surface area contributed by atoms with Crippen molar-refractivity contribution in [3.63, 3.8) is 0 Å². The monoisotopic (exact) mass is 267 g/mol. The van der Waals surface area contributed by atoms with E-state index in [-0.39, 0.29) is 11.9 Å². The molecule has 1 atom stereocenters. The van der Waals surface area contributed by atoms with E-state index in [0.717, 1.165) is 31.7 Å². The molecular formula is C13H15ClFN3. The maximum Gasteiger partial charge on any atom is 0.125 e. The van der Waals surface area contributed by atoms with E-state index >= 15 is 0 Å². The summed E-state index contributed by atoms with van der Waals surface area (Å²) in [7, 11) is 0. The SMILES string of the molecule is N#CC[C@H](c1cc(F)cc(Cl)c1)N1CCNCC1. The van der Waals surface area contributed by atoms with Gasteiger partial charge in [0.2, 0.25) is 0 Å². The van der Waals surface area contributed by atoms with Crippen LogP contribution >= 0.6 is 11.6 Å². The maximum atomic E-state index is 13.4. The normalized spacial score (nSPS) is 18.3. The zero-order chi connectivity index (χ0) is 13.0. The lowest BCUT2D eigenvalue weighted by molar-refractivity contribution is 0.175. The fraction of sp³-hybridized carbons (Fsp3) is 0.462. The molecule has 1 fully saturated rings. The van der Waals surface area contributed by atoms with E-state index in [2.05, 4.69) is 16.3 Å². The molecule has 1 aromatic carbocycles. The first-order valence-electron chi connectivity index (χ1n) is 5.98. The molecule has 1 saturated heterocycles. The van der Waals surface area contributed by atoms with Crippen LogP contribution in [0.5, 0.6) is 0 Å². The van der Waals surface area contributed by atoms with Gasteiger partial charge in [-0.1, -0.05) is 11.6 Å². The molecule has 18 heavy (non-hydrogen) atoms. The van der Waals surface area contributed by atoms with Gasteiger partial charge >= 0.3 is 0 Å². The smallest absolute Gasteiger partial charge is 0.125 e. The molecule has 0 bridgehead atoms. The summed E-state index contributed by atoms with van der Waals surface area (Å²) in [6, 6.07) is 6.59. The molecular weight excluding hydrogens is 253 g/mol. The van der Waals surface area contributed by atoms with Crippen molar-refractivity contribution in [1.29, 1.82) is 5.26 Å². The largest absolute Gasteiger partial charge is 0.314 e. The average Bonchev–Trinajstić information content (AvgIpc) is 2.36. The van der Waals surface area contributed by atoms with Crippen LogP contribution < -0.4 is 5.32 Å². The van der Waals surface area contributed by atoms with Crippen molar-refractivity contribution < 1.29 is 4.39 Å². The maximum absolute atomic E-state index is 13.4. The first kappa shape index (κ1) is 13.3. The second-order valence-corrected chi connectivity index (χ2v) is 4.80. The molecule has 0 spiro atoms. The summed E-state index contributed by atoms with van der Waals surface area (Å²) in [4.78, 5) is 2.20. The Kier molecular flexibility index (Phi) is 4.54. The van der Waals surface area contributed by atoms with Crippen molar-refractivity contribution >= 4 is 11.6 Å². The van der Waals surface area contributed by atoms with Crippen LogP contribution in [-0.4, -0.2) is 31.1 Å². The number of hydrogen-bond donors (Lipinski definition) is 1. The van der Waals surface area contributed by atoms with Gasteiger partial charge in [-0.15, -0.1) is 0 Å². The highest BCUT2D eigenvalue weighted by molar-refractivity contribution is 6.30. The second-order valence-electron chi connectivity index (χ2n) is 4.37. The highest BCUT2D eigenvalue weighted by Gasteiger charge is 2.22. The standard InChI is InChI=1S/C13H15ClFN3/c14-11-7-10(8-12(15)9-11)13(1-2-16)18-5-3-17-4-6-18/h7-9,13,17H,1,3-6H2/t13-/m1/s1. The topological polar surface area (TPSA) is 39.1 Å². The van der Waals surface area contributed by atoms with Crippen LogP contribution in [0.3, 0.4) is 0 Å². The van der Waals surface area contributed by atoms with Crippen LogP contribution in [0.2, 0.25) is 5.02 Å². The quantitative estimate of drug-likeness (QED) is 0.914. The van der Waals surface area contributed by atoms with Crippen molar-refractivity contribution in [3.05, 3.63) is 34.6 Å². The summed E-state index contributed by atoms with van der Waals surface area (Å²) in [5.41, 5.74) is 0.781. The molecule has 1 aliphatic heterocycles. The first-order valence-corrected chi connectivity index (χ1v) is 6.36. The molecule has 96 valence electrons. The molecule has 0 unspecified atom stereocenters. The van der Waals surface area contributed by atoms with Crippen LogP contribution in [-0.2, 0) is 0 Å². The number of benzene rings is 1. The Morgan fingerprint density at radius 3 is 2.72 bits per heavy atom. The number of nitriles is 1. The van der Waals surface area contributed by atoms with Crippen molar-refractivity contribution in [2.75, 3.05) is 26.2 Å². The lowest BCUT2D eigenvalue weighted by Crippen LogP contribution is -2.45. The third kappa shape index (κ3) is 3.20. The van der Waals surface area contributed by atoms with Crippen LogP contribution in [0.15, 0.2) is 18.2 Å². The Labute approximate surface area is 111 Å². The minimum atomic E-state index is -0.351. The zero-order valence-corrected chi connectivity index (χ0v) is 10.8. The van der Waals surface area contributed by atoms with E-state index in [4.69, 9.17) is 16.9 Å². The molecule has 2 rings (SSSR count). The van der Waals surface area contributed by atoms with Crippen LogP contribution in [0.25, 0.3) is 0 Å². The molecule has 1 aromatic rings. The fourth-order valence-electron chi connectivity index (χ4n) is 2.31. The molecule has 0 aliphatic carbocycles. The average molecular weight is 268 g/mol. The van der Waals surface area contributed by atoms with Gasteiger partial charge < -0.3 is 5.32 Å². The van der Waals surface area contributed by atoms with E-state index in [1.165, 1.54) is 12.1 Å². The molecule has 1 N–H and O–H groups in total. The third-order valence-corrected chi connectivity index (χ3v) is 3.36. The number of nitrogens with one attached hydrogen (secondary N) is 1. The minimum Gasteiger partial charge on any atom is -0.314 e. The lowest BCUT2D eigenvalue weighted by Gasteiger charge is -2.34. The summed E-state index contributed by atoms with van der Waals surface area (Å²) in [5, 5.41) is 12.6. The number of halogens is 2. The van der Waals surface area contributed by atoms with Gasteiger partial charge in [0.05, 0.1) is 12.5 Å². The molecule has 3 nitrogen and oxygen atoms in total. The van der Waals surface area contributed by atoms with Gasteiger partial charge in [0, 0.05) is 37.2 Å². The predicted octanol–water partition coefficient (Wildman–Crippen LogP) is 2.34. The van der Waals surface area contributed by atoms with E-state index in [9.17, 15) is 4.39 Å². The summed E-state index contributed by atoms with van der Waals surface area (Å²) in [5.74, 6) is -0.351.